The topological polar surface area (TPSA) is 24.9 Å². The minimum atomic E-state index is 0.609. The molecule has 0 spiro atoms. The zero-order chi connectivity index (χ0) is 13.2. The fraction of sp³-hybridized carbons (Fsp3) is 0.438. The van der Waals surface area contributed by atoms with Gasteiger partial charge in [-0.3, -0.25) is 0 Å². The molecule has 1 N–H and O–H groups in total. The molecular formula is C16H20N2S. The van der Waals surface area contributed by atoms with E-state index in [0.29, 0.717) is 5.92 Å². The van der Waals surface area contributed by atoms with Crippen LogP contribution < -0.4 is 5.32 Å². The number of aryl methyl sites for hydroxylation is 2. The van der Waals surface area contributed by atoms with Crippen molar-refractivity contribution in [1.82, 2.24) is 10.3 Å². The summed E-state index contributed by atoms with van der Waals surface area (Å²) in [5, 5.41) is 6.97. The van der Waals surface area contributed by atoms with Gasteiger partial charge in [-0.05, 0) is 38.8 Å². The van der Waals surface area contributed by atoms with E-state index in [2.05, 4.69) is 42.7 Å². The summed E-state index contributed by atoms with van der Waals surface area (Å²) in [6, 6.07) is 6.60. The summed E-state index contributed by atoms with van der Waals surface area (Å²) in [7, 11) is 0. The van der Waals surface area contributed by atoms with Gasteiger partial charge in [-0.25, -0.2) is 4.98 Å². The van der Waals surface area contributed by atoms with Crippen LogP contribution >= 0.6 is 11.3 Å². The Morgan fingerprint density at radius 2 is 2.21 bits per heavy atom. The molecule has 2 heterocycles. The summed E-state index contributed by atoms with van der Waals surface area (Å²) in [5.74, 6) is 0.609. The van der Waals surface area contributed by atoms with E-state index in [9.17, 15) is 0 Å². The molecule has 1 aliphatic rings. The van der Waals surface area contributed by atoms with Crippen molar-refractivity contribution >= 4 is 11.3 Å². The number of hydrogen-bond acceptors (Lipinski definition) is 3. The highest BCUT2D eigenvalue weighted by atomic mass is 32.1. The molecule has 1 saturated heterocycles. The van der Waals surface area contributed by atoms with Gasteiger partial charge in [0.1, 0.15) is 0 Å². The van der Waals surface area contributed by atoms with Crippen LogP contribution in [-0.2, 0) is 0 Å². The number of nitrogens with one attached hydrogen (secondary N) is 1. The van der Waals surface area contributed by atoms with Crippen molar-refractivity contribution in [2.24, 2.45) is 0 Å². The van der Waals surface area contributed by atoms with Crippen molar-refractivity contribution in [3.05, 3.63) is 39.7 Å². The minimum absolute atomic E-state index is 0.609. The van der Waals surface area contributed by atoms with Crippen LogP contribution in [0.5, 0.6) is 0 Å². The van der Waals surface area contributed by atoms with E-state index in [1.165, 1.54) is 34.5 Å². The predicted molar refractivity (Wildman–Crippen MR) is 81.9 cm³/mol. The molecular weight excluding hydrogens is 252 g/mol. The van der Waals surface area contributed by atoms with Crippen LogP contribution in [0.1, 0.15) is 34.9 Å². The lowest BCUT2D eigenvalue weighted by Crippen LogP contribution is -2.28. The largest absolute Gasteiger partial charge is 0.316 e. The first-order chi connectivity index (χ1) is 9.24. The Hall–Kier alpha value is -1.19. The molecule has 19 heavy (non-hydrogen) atoms. The van der Waals surface area contributed by atoms with Gasteiger partial charge in [-0.15, -0.1) is 11.3 Å². The second-order valence-electron chi connectivity index (χ2n) is 5.43. The van der Waals surface area contributed by atoms with Gasteiger partial charge in [0, 0.05) is 23.4 Å². The third kappa shape index (κ3) is 2.72. The first kappa shape index (κ1) is 12.8. The molecule has 3 rings (SSSR count). The molecule has 2 nitrogen and oxygen atoms in total. The fourth-order valence-corrected chi connectivity index (χ4v) is 3.72. The van der Waals surface area contributed by atoms with E-state index in [1.54, 1.807) is 0 Å². The Bertz CT molecular complexity index is 568. The third-order valence-electron chi connectivity index (χ3n) is 3.83. The first-order valence-electron chi connectivity index (χ1n) is 6.98. The number of nitrogens with zero attached hydrogens (tertiary/aromatic N) is 1. The molecule has 1 unspecified atom stereocenters. The Morgan fingerprint density at radius 3 is 2.95 bits per heavy atom. The van der Waals surface area contributed by atoms with Crippen LogP contribution in [0.2, 0.25) is 0 Å². The molecule has 1 atom stereocenters. The van der Waals surface area contributed by atoms with E-state index in [1.807, 2.05) is 11.3 Å². The summed E-state index contributed by atoms with van der Waals surface area (Å²) in [6.45, 7) is 6.55. The van der Waals surface area contributed by atoms with Crippen LogP contribution in [0.4, 0.5) is 0 Å². The number of aromatic nitrogens is 1. The molecule has 0 aliphatic carbocycles. The zero-order valence-corrected chi connectivity index (χ0v) is 12.4. The van der Waals surface area contributed by atoms with Gasteiger partial charge in [0.25, 0.3) is 0 Å². The van der Waals surface area contributed by atoms with Crippen LogP contribution in [0.15, 0.2) is 23.6 Å². The van der Waals surface area contributed by atoms with Gasteiger partial charge in [0.2, 0.25) is 0 Å². The second-order valence-corrected chi connectivity index (χ2v) is 6.32. The van der Waals surface area contributed by atoms with Crippen LogP contribution in [0, 0.1) is 13.8 Å². The lowest BCUT2D eigenvalue weighted by atomic mass is 10.0. The molecule has 2 aromatic rings. The smallest absolute Gasteiger partial charge is 0.0976 e. The van der Waals surface area contributed by atoms with E-state index >= 15 is 0 Å². The maximum atomic E-state index is 4.87. The molecule has 0 amide bonds. The molecule has 0 saturated carbocycles. The monoisotopic (exact) mass is 272 g/mol. The van der Waals surface area contributed by atoms with Gasteiger partial charge < -0.3 is 5.32 Å². The summed E-state index contributed by atoms with van der Waals surface area (Å²) < 4.78 is 0. The summed E-state index contributed by atoms with van der Waals surface area (Å²) in [5.41, 5.74) is 5.05. The van der Waals surface area contributed by atoms with Crippen molar-refractivity contribution in [2.45, 2.75) is 32.6 Å². The quantitative estimate of drug-likeness (QED) is 0.897. The van der Waals surface area contributed by atoms with E-state index in [0.717, 1.165) is 18.8 Å². The first-order valence-corrected chi connectivity index (χ1v) is 7.86. The highest BCUT2D eigenvalue weighted by Crippen LogP contribution is 2.31. The number of thiazole rings is 1. The van der Waals surface area contributed by atoms with Gasteiger partial charge in [0.15, 0.2) is 0 Å². The Balaban J connectivity index is 1.87. The molecule has 1 aromatic heterocycles. The lowest BCUT2D eigenvalue weighted by molar-refractivity contribution is 0.460. The Morgan fingerprint density at radius 1 is 1.32 bits per heavy atom. The SMILES string of the molecule is Cc1ccc(-c2csc(C3CCCNC3)n2)c(C)c1. The molecule has 1 fully saturated rings. The van der Waals surface area contributed by atoms with E-state index in [-0.39, 0.29) is 0 Å². The van der Waals surface area contributed by atoms with Crippen LogP contribution in [0.3, 0.4) is 0 Å². The number of rotatable bonds is 2. The maximum Gasteiger partial charge on any atom is 0.0976 e. The van der Waals surface area contributed by atoms with Crippen molar-refractivity contribution in [3.8, 4) is 11.3 Å². The summed E-state index contributed by atoms with van der Waals surface area (Å²) in [4.78, 5) is 4.87. The lowest BCUT2D eigenvalue weighted by Gasteiger charge is -2.20. The van der Waals surface area contributed by atoms with Gasteiger partial charge in [-0.2, -0.15) is 0 Å². The Kier molecular flexibility index (Phi) is 3.67. The molecule has 3 heteroatoms. The summed E-state index contributed by atoms with van der Waals surface area (Å²) >= 11 is 1.81. The van der Waals surface area contributed by atoms with Crippen molar-refractivity contribution in [1.29, 1.82) is 0 Å². The van der Waals surface area contributed by atoms with Crippen molar-refractivity contribution < 1.29 is 0 Å². The summed E-state index contributed by atoms with van der Waals surface area (Å²) in [6.07, 6.45) is 2.54. The molecule has 1 aliphatic heterocycles. The normalized spacial score (nSPS) is 19.6. The predicted octanol–water partition coefficient (Wildman–Crippen LogP) is 3.89. The number of hydrogen-bond donors (Lipinski definition) is 1. The van der Waals surface area contributed by atoms with Crippen LogP contribution in [-0.4, -0.2) is 18.1 Å². The number of piperidine rings is 1. The van der Waals surface area contributed by atoms with E-state index < -0.39 is 0 Å². The van der Waals surface area contributed by atoms with Gasteiger partial charge in [0.05, 0.1) is 10.7 Å². The van der Waals surface area contributed by atoms with E-state index in [4.69, 9.17) is 4.98 Å². The zero-order valence-electron chi connectivity index (χ0n) is 11.6. The fourth-order valence-electron chi connectivity index (χ4n) is 2.76. The van der Waals surface area contributed by atoms with Gasteiger partial charge in [-0.1, -0.05) is 23.8 Å². The third-order valence-corrected chi connectivity index (χ3v) is 4.83. The highest BCUT2D eigenvalue weighted by Gasteiger charge is 2.19. The molecule has 100 valence electrons. The number of benzene rings is 1. The molecule has 1 aromatic carbocycles. The minimum Gasteiger partial charge on any atom is -0.316 e. The average molecular weight is 272 g/mol. The van der Waals surface area contributed by atoms with Gasteiger partial charge >= 0.3 is 0 Å². The second kappa shape index (κ2) is 5.43. The Labute approximate surface area is 118 Å². The molecule has 0 bridgehead atoms. The van der Waals surface area contributed by atoms with Crippen molar-refractivity contribution in [3.63, 3.8) is 0 Å². The molecule has 0 radical (unpaired) electrons. The highest BCUT2D eigenvalue weighted by molar-refractivity contribution is 7.10. The standard InChI is InChI=1S/C16H20N2S/c1-11-5-6-14(12(2)8-11)15-10-19-16(18-15)13-4-3-7-17-9-13/h5-6,8,10,13,17H,3-4,7,9H2,1-2H3. The van der Waals surface area contributed by atoms with Crippen LogP contribution in [0.25, 0.3) is 11.3 Å². The van der Waals surface area contributed by atoms with Crippen molar-refractivity contribution in [2.75, 3.05) is 13.1 Å². The maximum absolute atomic E-state index is 4.87. The average Bonchev–Trinajstić information content (AvgIpc) is 2.89.